The molecule has 0 bridgehead atoms. The zero-order chi connectivity index (χ0) is 11.5. The normalized spacial score (nSPS) is 10.4. The van der Waals surface area contributed by atoms with Gasteiger partial charge >= 0.3 is 0 Å². The molecule has 1 nitrogen and oxygen atoms in total. The molecule has 0 saturated heterocycles. The number of halogens is 1. The van der Waals surface area contributed by atoms with Gasteiger partial charge in [-0.1, -0.05) is 17.7 Å². The monoisotopic (exact) mass is 251 g/mol. The van der Waals surface area contributed by atoms with E-state index in [0.29, 0.717) is 0 Å². The minimum atomic E-state index is 0.767. The van der Waals surface area contributed by atoms with Gasteiger partial charge in [-0.05, 0) is 43.7 Å². The molecule has 0 aliphatic rings. The van der Waals surface area contributed by atoms with E-state index < -0.39 is 0 Å². The van der Waals surface area contributed by atoms with Crippen LogP contribution >= 0.6 is 22.9 Å². The Morgan fingerprint density at radius 3 is 2.69 bits per heavy atom. The van der Waals surface area contributed by atoms with Crippen LogP contribution < -0.4 is 5.32 Å². The maximum Gasteiger partial charge on any atom is 0.0426 e. The Balaban J connectivity index is 2.05. The van der Waals surface area contributed by atoms with Crippen LogP contribution in [0.1, 0.15) is 15.3 Å². The molecule has 1 aromatic heterocycles. The van der Waals surface area contributed by atoms with E-state index in [1.54, 1.807) is 0 Å². The summed E-state index contributed by atoms with van der Waals surface area (Å²) in [5, 5.41) is 4.15. The van der Waals surface area contributed by atoms with E-state index in [-0.39, 0.29) is 0 Å². The SMILES string of the molecule is Cc1cc(CNc2cccc(Cl)c2)c(C)s1. The quantitative estimate of drug-likeness (QED) is 0.839. The van der Waals surface area contributed by atoms with Gasteiger partial charge < -0.3 is 5.32 Å². The van der Waals surface area contributed by atoms with Gasteiger partial charge in [0.15, 0.2) is 0 Å². The van der Waals surface area contributed by atoms with Crippen LogP contribution in [0.2, 0.25) is 5.02 Å². The highest BCUT2D eigenvalue weighted by Crippen LogP contribution is 2.22. The van der Waals surface area contributed by atoms with E-state index in [1.165, 1.54) is 15.3 Å². The summed E-state index contributed by atoms with van der Waals surface area (Å²) in [4.78, 5) is 2.74. The van der Waals surface area contributed by atoms with Crippen LogP contribution in [-0.4, -0.2) is 0 Å². The number of thiophene rings is 1. The largest absolute Gasteiger partial charge is 0.381 e. The van der Waals surface area contributed by atoms with Gasteiger partial charge in [0, 0.05) is 27.0 Å². The third kappa shape index (κ3) is 2.77. The summed E-state index contributed by atoms with van der Waals surface area (Å²) in [6.07, 6.45) is 0. The first kappa shape index (κ1) is 11.5. The lowest BCUT2D eigenvalue weighted by Crippen LogP contribution is -1.98. The molecule has 1 N–H and O–H groups in total. The molecule has 2 rings (SSSR count). The lowest BCUT2D eigenvalue weighted by atomic mass is 10.2. The minimum Gasteiger partial charge on any atom is -0.381 e. The molecule has 84 valence electrons. The van der Waals surface area contributed by atoms with Crippen molar-refractivity contribution in [3.8, 4) is 0 Å². The van der Waals surface area contributed by atoms with Crippen LogP contribution in [-0.2, 0) is 6.54 Å². The van der Waals surface area contributed by atoms with Crippen molar-refractivity contribution in [2.24, 2.45) is 0 Å². The zero-order valence-electron chi connectivity index (χ0n) is 9.38. The summed E-state index contributed by atoms with van der Waals surface area (Å²) in [5.41, 5.74) is 2.43. The third-order valence-electron chi connectivity index (χ3n) is 2.45. The third-order valence-corrected chi connectivity index (χ3v) is 3.69. The highest BCUT2D eigenvalue weighted by atomic mass is 35.5. The van der Waals surface area contributed by atoms with Crippen molar-refractivity contribution in [1.29, 1.82) is 0 Å². The first-order valence-electron chi connectivity index (χ1n) is 5.20. The van der Waals surface area contributed by atoms with Gasteiger partial charge in [-0.3, -0.25) is 0 Å². The van der Waals surface area contributed by atoms with E-state index in [0.717, 1.165) is 17.3 Å². The smallest absolute Gasteiger partial charge is 0.0426 e. The highest BCUT2D eigenvalue weighted by molar-refractivity contribution is 7.12. The van der Waals surface area contributed by atoms with E-state index in [4.69, 9.17) is 11.6 Å². The number of anilines is 1. The maximum absolute atomic E-state index is 5.92. The fraction of sp³-hybridized carbons (Fsp3) is 0.231. The van der Waals surface area contributed by atoms with Crippen molar-refractivity contribution in [3.63, 3.8) is 0 Å². The summed E-state index contributed by atoms with van der Waals surface area (Å²) in [7, 11) is 0. The number of aryl methyl sites for hydroxylation is 2. The number of hydrogen-bond acceptors (Lipinski definition) is 2. The Hall–Kier alpha value is -0.990. The molecule has 1 aromatic carbocycles. The van der Waals surface area contributed by atoms with Crippen molar-refractivity contribution in [3.05, 3.63) is 50.7 Å². The van der Waals surface area contributed by atoms with Crippen LogP contribution in [0.5, 0.6) is 0 Å². The van der Waals surface area contributed by atoms with Crippen molar-refractivity contribution in [2.75, 3.05) is 5.32 Å². The Bertz CT molecular complexity index is 490. The van der Waals surface area contributed by atoms with Crippen molar-refractivity contribution in [2.45, 2.75) is 20.4 Å². The molecule has 2 aromatic rings. The first-order valence-corrected chi connectivity index (χ1v) is 6.40. The van der Waals surface area contributed by atoms with E-state index in [9.17, 15) is 0 Å². The Morgan fingerprint density at radius 2 is 2.06 bits per heavy atom. The van der Waals surface area contributed by atoms with Crippen LogP contribution in [0.4, 0.5) is 5.69 Å². The molecule has 1 heterocycles. The molecule has 0 spiro atoms. The van der Waals surface area contributed by atoms with E-state index in [2.05, 4.69) is 25.2 Å². The Labute approximate surface area is 105 Å². The number of hydrogen-bond donors (Lipinski definition) is 1. The van der Waals surface area contributed by atoms with Gasteiger partial charge in [0.05, 0.1) is 0 Å². The van der Waals surface area contributed by atoms with Gasteiger partial charge in [-0.15, -0.1) is 11.3 Å². The summed E-state index contributed by atoms with van der Waals surface area (Å²) >= 11 is 7.77. The fourth-order valence-electron chi connectivity index (χ4n) is 1.65. The van der Waals surface area contributed by atoms with Crippen molar-refractivity contribution >= 4 is 28.6 Å². The minimum absolute atomic E-state index is 0.767. The van der Waals surface area contributed by atoms with E-state index in [1.807, 2.05) is 35.6 Å². The second kappa shape index (κ2) is 4.89. The van der Waals surface area contributed by atoms with Crippen LogP contribution in [0, 0.1) is 13.8 Å². The highest BCUT2D eigenvalue weighted by Gasteiger charge is 2.02. The molecular weight excluding hydrogens is 238 g/mol. The first-order chi connectivity index (χ1) is 7.65. The summed E-state index contributed by atoms with van der Waals surface area (Å²) < 4.78 is 0. The van der Waals surface area contributed by atoms with Gasteiger partial charge in [-0.2, -0.15) is 0 Å². The zero-order valence-corrected chi connectivity index (χ0v) is 11.0. The number of benzene rings is 1. The average molecular weight is 252 g/mol. The predicted molar refractivity (Wildman–Crippen MR) is 72.6 cm³/mol. The van der Waals surface area contributed by atoms with Crippen molar-refractivity contribution < 1.29 is 0 Å². The van der Waals surface area contributed by atoms with Gasteiger partial charge in [0.1, 0.15) is 0 Å². The van der Waals surface area contributed by atoms with Gasteiger partial charge in [0.25, 0.3) is 0 Å². The Kier molecular flexibility index (Phi) is 3.52. The summed E-state index contributed by atoms with van der Waals surface area (Å²) in [6, 6.07) is 10.0. The predicted octanol–water partition coefficient (Wildman–Crippen LogP) is 4.63. The van der Waals surface area contributed by atoms with Crippen LogP contribution in [0.3, 0.4) is 0 Å². The Morgan fingerprint density at radius 1 is 1.25 bits per heavy atom. The summed E-state index contributed by atoms with van der Waals surface area (Å²) in [5.74, 6) is 0. The standard InChI is InChI=1S/C13H14ClNS/c1-9-6-11(10(2)16-9)8-15-13-5-3-4-12(14)7-13/h3-7,15H,8H2,1-2H3. The molecule has 3 heteroatoms. The van der Waals surface area contributed by atoms with Gasteiger partial charge in [0.2, 0.25) is 0 Å². The molecule has 0 aliphatic heterocycles. The van der Waals surface area contributed by atoms with E-state index >= 15 is 0 Å². The van der Waals surface area contributed by atoms with Crippen LogP contribution in [0.15, 0.2) is 30.3 Å². The molecule has 0 atom stereocenters. The molecule has 0 fully saturated rings. The lowest BCUT2D eigenvalue weighted by Gasteiger charge is -2.06. The topological polar surface area (TPSA) is 12.0 Å². The van der Waals surface area contributed by atoms with Crippen LogP contribution in [0.25, 0.3) is 0 Å². The molecular formula is C13H14ClNS. The molecule has 16 heavy (non-hydrogen) atoms. The maximum atomic E-state index is 5.92. The molecule has 0 amide bonds. The second-order valence-electron chi connectivity index (χ2n) is 3.80. The average Bonchev–Trinajstić information content (AvgIpc) is 2.54. The summed E-state index contributed by atoms with van der Waals surface area (Å²) in [6.45, 7) is 5.16. The second-order valence-corrected chi connectivity index (χ2v) is 5.70. The molecule has 0 radical (unpaired) electrons. The van der Waals surface area contributed by atoms with Gasteiger partial charge in [-0.25, -0.2) is 0 Å². The number of nitrogens with one attached hydrogen (secondary N) is 1. The van der Waals surface area contributed by atoms with Crippen molar-refractivity contribution in [1.82, 2.24) is 0 Å². The molecule has 0 aliphatic carbocycles. The number of rotatable bonds is 3. The lowest BCUT2D eigenvalue weighted by molar-refractivity contribution is 1.14. The fourth-order valence-corrected chi connectivity index (χ4v) is 2.79. The molecule has 0 unspecified atom stereocenters. The molecule has 0 saturated carbocycles.